The molecule has 0 radical (unpaired) electrons. The van der Waals surface area contributed by atoms with Crippen LogP contribution < -0.4 is 5.32 Å². The van der Waals surface area contributed by atoms with Crippen molar-refractivity contribution in [3.8, 4) is 0 Å². The van der Waals surface area contributed by atoms with Crippen LogP contribution >= 0.6 is 11.3 Å². The van der Waals surface area contributed by atoms with E-state index in [1.54, 1.807) is 11.3 Å². The SMILES string of the molecule is CCC(CC)N(CC)C(=O)C[C@@H]1C(=O)NCCN1Cc1cccs1. The Hall–Kier alpha value is -1.40. The third-order valence-electron chi connectivity index (χ3n) is 4.79. The van der Waals surface area contributed by atoms with Crippen molar-refractivity contribution in [2.75, 3.05) is 19.6 Å². The standard InChI is InChI=1S/C18H29N3O2S/c1-4-14(5-2)21(6-3)17(22)12-16-18(23)19-9-10-20(16)13-15-8-7-11-24-15/h7-8,11,14,16H,4-6,9-10,12-13H2,1-3H3,(H,19,23)/t16-/m1/s1. The van der Waals surface area contributed by atoms with Gasteiger partial charge in [0.15, 0.2) is 0 Å². The number of hydrogen-bond donors (Lipinski definition) is 1. The largest absolute Gasteiger partial charge is 0.353 e. The maximum absolute atomic E-state index is 12.8. The Kier molecular flexibility index (Phi) is 7.24. The van der Waals surface area contributed by atoms with Gasteiger partial charge in [0.05, 0.1) is 12.5 Å². The summed E-state index contributed by atoms with van der Waals surface area (Å²) < 4.78 is 0. The number of nitrogens with one attached hydrogen (secondary N) is 1. The average molecular weight is 352 g/mol. The van der Waals surface area contributed by atoms with Crippen molar-refractivity contribution in [1.29, 1.82) is 0 Å². The third kappa shape index (κ3) is 4.57. The van der Waals surface area contributed by atoms with Crippen molar-refractivity contribution in [2.45, 2.75) is 58.7 Å². The highest BCUT2D eigenvalue weighted by Gasteiger charge is 2.33. The molecule has 134 valence electrons. The fraction of sp³-hybridized carbons (Fsp3) is 0.667. The second-order valence-corrected chi connectivity index (χ2v) is 7.24. The molecule has 2 amide bonds. The molecule has 1 aliphatic heterocycles. The molecule has 1 N–H and O–H groups in total. The molecule has 1 aromatic heterocycles. The van der Waals surface area contributed by atoms with Crippen molar-refractivity contribution >= 4 is 23.2 Å². The minimum absolute atomic E-state index is 0.0215. The van der Waals surface area contributed by atoms with Crippen molar-refractivity contribution < 1.29 is 9.59 Å². The Morgan fingerprint density at radius 3 is 2.75 bits per heavy atom. The second-order valence-electron chi connectivity index (χ2n) is 6.21. The first-order valence-corrected chi connectivity index (χ1v) is 9.82. The average Bonchev–Trinajstić information content (AvgIpc) is 3.08. The quantitative estimate of drug-likeness (QED) is 0.783. The predicted molar refractivity (Wildman–Crippen MR) is 97.9 cm³/mol. The van der Waals surface area contributed by atoms with Crippen LogP contribution in [0.25, 0.3) is 0 Å². The van der Waals surface area contributed by atoms with Gasteiger partial charge in [0.2, 0.25) is 11.8 Å². The lowest BCUT2D eigenvalue weighted by Gasteiger charge is -2.36. The molecule has 6 heteroatoms. The molecule has 1 aliphatic rings. The molecule has 0 aliphatic carbocycles. The highest BCUT2D eigenvalue weighted by Crippen LogP contribution is 2.19. The Balaban J connectivity index is 2.07. The summed E-state index contributed by atoms with van der Waals surface area (Å²) in [6, 6.07) is 4.01. The highest BCUT2D eigenvalue weighted by molar-refractivity contribution is 7.09. The van der Waals surface area contributed by atoms with E-state index in [9.17, 15) is 9.59 Å². The number of rotatable bonds is 8. The first kappa shape index (κ1) is 18.9. The topological polar surface area (TPSA) is 52.7 Å². The van der Waals surface area contributed by atoms with Crippen LogP contribution in [0.3, 0.4) is 0 Å². The lowest BCUT2D eigenvalue weighted by atomic mass is 10.0. The van der Waals surface area contributed by atoms with Gasteiger partial charge < -0.3 is 10.2 Å². The van der Waals surface area contributed by atoms with Crippen LogP contribution in [0.5, 0.6) is 0 Å². The molecule has 2 rings (SSSR count). The van der Waals surface area contributed by atoms with Crippen molar-refractivity contribution in [1.82, 2.24) is 15.1 Å². The van der Waals surface area contributed by atoms with Gasteiger partial charge in [0, 0.05) is 37.1 Å². The molecular formula is C18H29N3O2S. The summed E-state index contributed by atoms with van der Waals surface area (Å²) in [5.74, 6) is 0.0659. The number of thiophene rings is 1. The first-order chi connectivity index (χ1) is 11.6. The lowest BCUT2D eigenvalue weighted by Crippen LogP contribution is -2.56. The Morgan fingerprint density at radius 2 is 2.17 bits per heavy atom. The monoisotopic (exact) mass is 351 g/mol. The molecule has 0 bridgehead atoms. The van der Waals surface area contributed by atoms with E-state index in [-0.39, 0.29) is 30.3 Å². The highest BCUT2D eigenvalue weighted by atomic mass is 32.1. The first-order valence-electron chi connectivity index (χ1n) is 8.94. The summed E-state index contributed by atoms with van der Waals surface area (Å²) in [5.41, 5.74) is 0. The molecular weight excluding hydrogens is 322 g/mol. The Morgan fingerprint density at radius 1 is 1.42 bits per heavy atom. The van der Waals surface area contributed by atoms with Crippen molar-refractivity contribution in [3.63, 3.8) is 0 Å². The normalized spacial score (nSPS) is 18.7. The fourth-order valence-corrected chi connectivity index (χ4v) is 4.16. The van der Waals surface area contributed by atoms with Gasteiger partial charge in [-0.2, -0.15) is 0 Å². The minimum atomic E-state index is -0.364. The number of amides is 2. The van der Waals surface area contributed by atoms with E-state index in [0.717, 1.165) is 25.9 Å². The van der Waals surface area contributed by atoms with E-state index in [0.29, 0.717) is 13.1 Å². The van der Waals surface area contributed by atoms with Crippen LogP contribution in [0.1, 0.15) is 44.9 Å². The minimum Gasteiger partial charge on any atom is -0.353 e. The second kappa shape index (κ2) is 9.18. The Labute approximate surface area is 149 Å². The van der Waals surface area contributed by atoms with E-state index in [1.165, 1.54) is 4.88 Å². The van der Waals surface area contributed by atoms with Gasteiger partial charge in [0.1, 0.15) is 0 Å². The zero-order chi connectivity index (χ0) is 17.5. The molecule has 0 spiro atoms. The zero-order valence-electron chi connectivity index (χ0n) is 15.0. The lowest BCUT2D eigenvalue weighted by molar-refractivity contribution is -0.140. The summed E-state index contributed by atoms with van der Waals surface area (Å²) in [6.45, 7) is 9.11. The Bertz CT molecular complexity index is 528. The molecule has 1 fully saturated rings. The van der Waals surface area contributed by atoms with E-state index in [1.807, 2.05) is 23.3 Å². The van der Waals surface area contributed by atoms with Gasteiger partial charge in [0.25, 0.3) is 0 Å². The molecule has 0 unspecified atom stereocenters. The van der Waals surface area contributed by atoms with Gasteiger partial charge in [-0.15, -0.1) is 11.3 Å². The van der Waals surface area contributed by atoms with Crippen LogP contribution in [-0.2, 0) is 16.1 Å². The molecule has 0 aromatic carbocycles. The van der Waals surface area contributed by atoms with Gasteiger partial charge in [-0.25, -0.2) is 0 Å². The van der Waals surface area contributed by atoms with Crippen molar-refractivity contribution in [3.05, 3.63) is 22.4 Å². The van der Waals surface area contributed by atoms with Crippen LogP contribution in [0.2, 0.25) is 0 Å². The van der Waals surface area contributed by atoms with Crippen LogP contribution in [-0.4, -0.2) is 53.3 Å². The number of carbonyl (C=O) groups excluding carboxylic acids is 2. The summed E-state index contributed by atoms with van der Waals surface area (Å²) in [5, 5.41) is 4.96. The van der Waals surface area contributed by atoms with Gasteiger partial charge >= 0.3 is 0 Å². The molecule has 2 heterocycles. The molecule has 5 nitrogen and oxygen atoms in total. The summed E-state index contributed by atoms with van der Waals surface area (Å²) in [6.07, 6.45) is 2.17. The molecule has 1 aromatic rings. The predicted octanol–water partition coefficient (Wildman–Crippen LogP) is 2.48. The molecule has 24 heavy (non-hydrogen) atoms. The van der Waals surface area contributed by atoms with Gasteiger partial charge in [-0.1, -0.05) is 19.9 Å². The number of nitrogens with zero attached hydrogens (tertiary/aromatic N) is 2. The number of hydrogen-bond acceptors (Lipinski definition) is 4. The maximum atomic E-state index is 12.8. The van der Waals surface area contributed by atoms with Crippen molar-refractivity contribution in [2.24, 2.45) is 0 Å². The smallest absolute Gasteiger partial charge is 0.237 e. The van der Waals surface area contributed by atoms with Crippen LogP contribution in [0, 0.1) is 0 Å². The molecule has 0 saturated carbocycles. The summed E-state index contributed by atoms with van der Waals surface area (Å²) in [7, 11) is 0. The number of carbonyl (C=O) groups is 2. The maximum Gasteiger partial charge on any atom is 0.237 e. The van der Waals surface area contributed by atoms with Crippen LogP contribution in [0.15, 0.2) is 17.5 Å². The van der Waals surface area contributed by atoms with E-state index >= 15 is 0 Å². The number of piperazine rings is 1. The van der Waals surface area contributed by atoms with E-state index in [4.69, 9.17) is 0 Å². The van der Waals surface area contributed by atoms with E-state index < -0.39 is 0 Å². The van der Waals surface area contributed by atoms with E-state index in [2.05, 4.69) is 30.1 Å². The summed E-state index contributed by atoms with van der Waals surface area (Å²) in [4.78, 5) is 30.5. The molecule has 1 atom stereocenters. The molecule has 1 saturated heterocycles. The fourth-order valence-electron chi connectivity index (χ4n) is 3.43. The van der Waals surface area contributed by atoms with Crippen LogP contribution in [0.4, 0.5) is 0 Å². The van der Waals surface area contributed by atoms with Gasteiger partial charge in [-0.3, -0.25) is 14.5 Å². The van der Waals surface area contributed by atoms with Gasteiger partial charge in [-0.05, 0) is 31.2 Å². The zero-order valence-corrected chi connectivity index (χ0v) is 15.8. The summed E-state index contributed by atoms with van der Waals surface area (Å²) >= 11 is 1.69. The third-order valence-corrected chi connectivity index (χ3v) is 5.65.